The van der Waals surface area contributed by atoms with E-state index in [1.165, 1.54) is 0 Å². The van der Waals surface area contributed by atoms with E-state index in [-0.39, 0.29) is 12.5 Å². The van der Waals surface area contributed by atoms with E-state index in [1.54, 1.807) is 42.8 Å². The highest BCUT2D eigenvalue weighted by Crippen LogP contribution is 2.39. The molecule has 1 N–H and O–H groups in total. The average Bonchev–Trinajstić information content (AvgIpc) is 3.06. The van der Waals surface area contributed by atoms with Crippen LogP contribution in [0.2, 0.25) is 0 Å². The molecule has 0 atom stereocenters. The highest BCUT2D eigenvalue weighted by atomic mass is 16.5. The van der Waals surface area contributed by atoms with Gasteiger partial charge in [-0.3, -0.25) is 4.79 Å². The predicted octanol–water partition coefficient (Wildman–Crippen LogP) is 5.23. The maximum atomic E-state index is 12.6. The molecule has 0 unspecified atom stereocenters. The summed E-state index contributed by atoms with van der Waals surface area (Å²) in [6.45, 7) is 11.6. The number of nitrogens with one attached hydrogen (secondary N) is 1. The molecule has 0 aliphatic carbocycles. The zero-order valence-corrected chi connectivity index (χ0v) is 17.2. The molecule has 0 aliphatic rings. The number of benzene rings is 2. The van der Waals surface area contributed by atoms with Gasteiger partial charge in [-0.2, -0.15) is 0 Å². The van der Waals surface area contributed by atoms with E-state index >= 15 is 0 Å². The van der Waals surface area contributed by atoms with E-state index in [1.807, 2.05) is 37.3 Å². The second-order valence-electron chi connectivity index (χ2n) is 6.66. The molecule has 152 valence electrons. The van der Waals surface area contributed by atoms with Gasteiger partial charge in [0.15, 0.2) is 0 Å². The van der Waals surface area contributed by atoms with Gasteiger partial charge in [0.2, 0.25) is 5.69 Å². The van der Waals surface area contributed by atoms with Crippen LogP contribution in [0.15, 0.2) is 54.6 Å². The molecule has 0 saturated heterocycles. The predicted molar refractivity (Wildman–Crippen MR) is 117 cm³/mol. The summed E-state index contributed by atoms with van der Waals surface area (Å²) < 4.78 is 6.96. The van der Waals surface area contributed by atoms with Crippen molar-refractivity contribution >= 4 is 23.3 Å². The Morgan fingerprint density at radius 1 is 1.07 bits per heavy atom. The van der Waals surface area contributed by atoms with Gasteiger partial charge in [0.1, 0.15) is 5.69 Å². The van der Waals surface area contributed by atoms with Crippen LogP contribution < -0.4 is 5.32 Å². The fraction of sp³-hybridized carbons (Fsp3) is 0.208. The molecular formula is C24H23N3O3. The number of anilines is 1. The van der Waals surface area contributed by atoms with Gasteiger partial charge in [0.05, 0.1) is 13.2 Å². The molecule has 30 heavy (non-hydrogen) atoms. The maximum absolute atomic E-state index is 12.6. The summed E-state index contributed by atoms with van der Waals surface area (Å²) in [7, 11) is 1.77. The second-order valence-corrected chi connectivity index (χ2v) is 6.66. The Morgan fingerprint density at radius 2 is 1.73 bits per heavy atom. The van der Waals surface area contributed by atoms with Gasteiger partial charge in [0, 0.05) is 29.6 Å². The molecule has 1 amide bonds. The molecule has 6 nitrogen and oxygen atoms in total. The van der Waals surface area contributed by atoms with E-state index in [0.29, 0.717) is 40.2 Å². The fourth-order valence-corrected chi connectivity index (χ4v) is 3.47. The lowest BCUT2D eigenvalue weighted by molar-refractivity contribution is 0.0516. The molecule has 0 radical (unpaired) electrons. The molecular weight excluding hydrogens is 378 g/mol. The lowest BCUT2D eigenvalue weighted by atomic mass is 10.0. The van der Waals surface area contributed by atoms with E-state index in [0.717, 1.165) is 5.69 Å². The van der Waals surface area contributed by atoms with Crippen molar-refractivity contribution in [3.05, 3.63) is 83.0 Å². The number of nitrogens with zero attached hydrogens (tertiary/aromatic N) is 2. The van der Waals surface area contributed by atoms with Crippen LogP contribution in [0.4, 0.5) is 11.4 Å². The van der Waals surface area contributed by atoms with Crippen LogP contribution in [-0.2, 0) is 18.2 Å². The monoisotopic (exact) mass is 401 g/mol. The Labute approximate surface area is 175 Å². The Kier molecular flexibility index (Phi) is 6.33. The van der Waals surface area contributed by atoms with E-state index in [2.05, 4.69) is 10.2 Å². The third-order valence-corrected chi connectivity index (χ3v) is 4.87. The summed E-state index contributed by atoms with van der Waals surface area (Å²) in [6, 6.07) is 16.1. The molecule has 0 bridgehead atoms. The van der Waals surface area contributed by atoms with Gasteiger partial charge in [0.25, 0.3) is 5.91 Å². The highest BCUT2D eigenvalue weighted by molar-refractivity contribution is 6.05. The summed E-state index contributed by atoms with van der Waals surface area (Å²) in [6.07, 6.45) is 0.609. The van der Waals surface area contributed by atoms with Crippen LogP contribution in [0.1, 0.15) is 40.4 Å². The van der Waals surface area contributed by atoms with E-state index in [4.69, 9.17) is 11.3 Å². The van der Waals surface area contributed by atoms with Crippen molar-refractivity contribution in [1.82, 2.24) is 4.57 Å². The molecule has 3 aromatic rings. The molecule has 1 heterocycles. The minimum absolute atomic E-state index is 0.230. The number of carbonyl (C=O) groups is 2. The van der Waals surface area contributed by atoms with Gasteiger partial charge in [-0.25, -0.2) is 9.64 Å². The summed E-state index contributed by atoms with van der Waals surface area (Å²) >= 11 is 0. The minimum Gasteiger partial charge on any atom is -0.461 e. The smallest absolute Gasteiger partial charge is 0.354 e. The van der Waals surface area contributed by atoms with Crippen molar-refractivity contribution in [2.45, 2.75) is 20.3 Å². The van der Waals surface area contributed by atoms with Crippen LogP contribution in [0.5, 0.6) is 0 Å². The van der Waals surface area contributed by atoms with Gasteiger partial charge < -0.3 is 14.6 Å². The Morgan fingerprint density at radius 3 is 2.30 bits per heavy atom. The number of ether oxygens (including phenoxy) is 1. The van der Waals surface area contributed by atoms with Gasteiger partial charge in [-0.15, -0.1) is 0 Å². The van der Waals surface area contributed by atoms with E-state index < -0.39 is 5.97 Å². The maximum Gasteiger partial charge on any atom is 0.354 e. The number of aromatic nitrogens is 1. The van der Waals surface area contributed by atoms with E-state index in [9.17, 15) is 9.59 Å². The van der Waals surface area contributed by atoms with Gasteiger partial charge in [-0.05, 0) is 43.2 Å². The van der Waals surface area contributed by atoms with Crippen LogP contribution in [0.3, 0.4) is 0 Å². The minimum atomic E-state index is -0.467. The number of esters is 1. The normalized spacial score (nSPS) is 10.3. The number of hydrogen-bond acceptors (Lipinski definition) is 3. The number of para-hydroxylation sites is 1. The van der Waals surface area contributed by atoms with Gasteiger partial charge in [-0.1, -0.05) is 37.3 Å². The Hall–Kier alpha value is -3.85. The molecule has 6 heteroatoms. The third kappa shape index (κ3) is 3.96. The Bertz CT molecular complexity index is 1110. The number of rotatable bonds is 6. The van der Waals surface area contributed by atoms with Crippen molar-refractivity contribution < 1.29 is 14.3 Å². The van der Waals surface area contributed by atoms with Crippen LogP contribution in [0, 0.1) is 6.57 Å². The quantitative estimate of drug-likeness (QED) is 0.454. The average molecular weight is 401 g/mol. The SMILES string of the molecule is [C-]#[N+]c1c(-c2ccc(C(=O)Nc3ccccc3)cc2)c(C(=O)OCC)n(C)c1CC. The molecule has 3 rings (SSSR count). The standard InChI is InChI=1S/C24H23N3O3/c1-5-19-21(25-3)20(22(27(19)4)24(29)30-6-2)16-12-14-17(15-13-16)23(28)26-18-10-8-7-9-11-18/h7-15H,5-6H2,1-2,4H3,(H,26,28). The summed E-state index contributed by atoms with van der Waals surface area (Å²) in [4.78, 5) is 28.8. The van der Waals surface area contributed by atoms with Crippen molar-refractivity contribution in [3.63, 3.8) is 0 Å². The second kappa shape index (κ2) is 9.10. The Balaban J connectivity index is 2.00. The highest BCUT2D eigenvalue weighted by Gasteiger charge is 2.27. The zero-order chi connectivity index (χ0) is 21.7. The number of hydrogen-bond donors (Lipinski definition) is 1. The van der Waals surface area contributed by atoms with Crippen molar-refractivity contribution in [2.75, 3.05) is 11.9 Å². The summed E-state index contributed by atoms with van der Waals surface area (Å²) in [5, 5.41) is 2.84. The fourth-order valence-electron chi connectivity index (χ4n) is 3.47. The first kappa shape index (κ1) is 20.9. The summed E-state index contributed by atoms with van der Waals surface area (Å²) in [5.74, 6) is -0.698. The van der Waals surface area contributed by atoms with Crippen LogP contribution in [-0.4, -0.2) is 23.1 Å². The van der Waals surface area contributed by atoms with Crippen molar-refractivity contribution in [2.24, 2.45) is 7.05 Å². The lowest BCUT2D eigenvalue weighted by Gasteiger charge is -2.10. The molecule has 2 aromatic carbocycles. The largest absolute Gasteiger partial charge is 0.461 e. The summed E-state index contributed by atoms with van der Waals surface area (Å²) in [5.41, 5.74) is 3.98. The zero-order valence-electron chi connectivity index (χ0n) is 17.2. The first-order chi connectivity index (χ1) is 14.5. The number of carbonyl (C=O) groups excluding carboxylic acids is 2. The first-order valence-corrected chi connectivity index (χ1v) is 9.74. The number of amides is 1. The molecule has 0 fully saturated rings. The van der Waals surface area contributed by atoms with Gasteiger partial charge >= 0.3 is 5.97 Å². The molecule has 0 aliphatic heterocycles. The molecule has 0 spiro atoms. The van der Waals surface area contributed by atoms with Crippen molar-refractivity contribution in [3.8, 4) is 11.1 Å². The molecule has 0 saturated carbocycles. The third-order valence-electron chi connectivity index (χ3n) is 4.87. The lowest BCUT2D eigenvalue weighted by Crippen LogP contribution is -2.12. The van der Waals surface area contributed by atoms with Crippen LogP contribution >= 0.6 is 0 Å². The van der Waals surface area contributed by atoms with Crippen LogP contribution in [0.25, 0.3) is 16.0 Å². The molecule has 1 aromatic heterocycles. The first-order valence-electron chi connectivity index (χ1n) is 9.74. The van der Waals surface area contributed by atoms with Crippen molar-refractivity contribution in [1.29, 1.82) is 0 Å². The topological polar surface area (TPSA) is 64.7 Å².